The van der Waals surface area contributed by atoms with E-state index < -0.39 is 0 Å². The SMILES string of the molecule is Cc1nnnn1CCC(=O)N(C)CC1CC1(C)C. The molecule has 6 heteroatoms. The van der Waals surface area contributed by atoms with Gasteiger partial charge in [0.1, 0.15) is 5.82 Å². The van der Waals surface area contributed by atoms with E-state index in [1.807, 2.05) is 18.9 Å². The molecule has 1 heterocycles. The molecule has 0 aliphatic heterocycles. The summed E-state index contributed by atoms with van der Waals surface area (Å²) in [5.41, 5.74) is 0.418. The van der Waals surface area contributed by atoms with Crippen molar-refractivity contribution in [3.8, 4) is 0 Å². The van der Waals surface area contributed by atoms with Crippen LogP contribution in [0.15, 0.2) is 0 Å². The molecule has 1 aromatic heterocycles. The molecule has 0 N–H and O–H groups in total. The lowest BCUT2D eigenvalue weighted by Crippen LogP contribution is -2.30. The van der Waals surface area contributed by atoms with Crippen LogP contribution in [0, 0.1) is 18.3 Å². The lowest BCUT2D eigenvalue weighted by atomic mass is 10.1. The Morgan fingerprint density at radius 1 is 1.56 bits per heavy atom. The molecule has 1 unspecified atom stereocenters. The highest BCUT2D eigenvalue weighted by Gasteiger charge is 2.46. The molecule has 1 fully saturated rings. The van der Waals surface area contributed by atoms with Gasteiger partial charge in [0, 0.05) is 20.0 Å². The summed E-state index contributed by atoms with van der Waals surface area (Å²) in [4.78, 5) is 13.8. The van der Waals surface area contributed by atoms with Crippen LogP contribution in [0.1, 0.15) is 32.5 Å². The number of aromatic nitrogens is 4. The number of aryl methyl sites for hydroxylation is 2. The van der Waals surface area contributed by atoms with Crippen LogP contribution in [0.2, 0.25) is 0 Å². The lowest BCUT2D eigenvalue weighted by Gasteiger charge is -2.18. The third kappa shape index (κ3) is 2.86. The van der Waals surface area contributed by atoms with Crippen molar-refractivity contribution in [2.24, 2.45) is 11.3 Å². The molecule has 6 nitrogen and oxygen atoms in total. The summed E-state index contributed by atoms with van der Waals surface area (Å²) in [7, 11) is 1.88. The molecule has 1 aromatic rings. The van der Waals surface area contributed by atoms with Gasteiger partial charge in [0.05, 0.1) is 6.54 Å². The number of amides is 1. The first-order chi connectivity index (χ1) is 8.40. The normalized spacial score (nSPS) is 20.8. The number of carbonyl (C=O) groups is 1. The van der Waals surface area contributed by atoms with Crippen molar-refractivity contribution in [2.75, 3.05) is 13.6 Å². The first kappa shape index (κ1) is 13.0. The Morgan fingerprint density at radius 3 is 2.72 bits per heavy atom. The topological polar surface area (TPSA) is 63.9 Å². The summed E-state index contributed by atoms with van der Waals surface area (Å²) in [5, 5.41) is 11.2. The fraction of sp³-hybridized carbons (Fsp3) is 0.833. The summed E-state index contributed by atoms with van der Waals surface area (Å²) in [6.07, 6.45) is 1.67. The van der Waals surface area contributed by atoms with Gasteiger partial charge in [-0.15, -0.1) is 5.10 Å². The maximum absolute atomic E-state index is 12.0. The number of hydrogen-bond donors (Lipinski definition) is 0. The van der Waals surface area contributed by atoms with E-state index in [1.165, 1.54) is 6.42 Å². The van der Waals surface area contributed by atoms with Crippen LogP contribution in [0.25, 0.3) is 0 Å². The maximum Gasteiger partial charge on any atom is 0.224 e. The minimum Gasteiger partial charge on any atom is -0.345 e. The van der Waals surface area contributed by atoms with Crippen LogP contribution < -0.4 is 0 Å². The predicted molar refractivity (Wildman–Crippen MR) is 66.7 cm³/mol. The monoisotopic (exact) mass is 251 g/mol. The second-order valence-electron chi connectivity index (χ2n) is 5.86. The van der Waals surface area contributed by atoms with E-state index in [0.29, 0.717) is 24.3 Å². The van der Waals surface area contributed by atoms with Crippen molar-refractivity contribution < 1.29 is 4.79 Å². The van der Waals surface area contributed by atoms with Gasteiger partial charge >= 0.3 is 0 Å². The number of nitrogens with zero attached hydrogens (tertiary/aromatic N) is 5. The molecule has 1 amide bonds. The van der Waals surface area contributed by atoms with Gasteiger partial charge in [-0.05, 0) is 35.1 Å². The third-order valence-corrected chi connectivity index (χ3v) is 3.89. The molecule has 0 aromatic carbocycles. The van der Waals surface area contributed by atoms with Gasteiger partial charge in [-0.25, -0.2) is 4.68 Å². The smallest absolute Gasteiger partial charge is 0.224 e. The Kier molecular flexibility index (Phi) is 3.36. The molecule has 1 saturated carbocycles. The van der Waals surface area contributed by atoms with Crippen molar-refractivity contribution in [1.82, 2.24) is 25.1 Å². The van der Waals surface area contributed by atoms with Gasteiger partial charge in [-0.2, -0.15) is 0 Å². The Labute approximate surface area is 107 Å². The second kappa shape index (κ2) is 4.66. The average Bonchev–Trinajstić information content (AvgIpc) is 2.71. The van der Waals surface area contributed by atoms with E-state index in [-0.39, 0.29) is 5.91 Å². The van der Waals surface area contributed by atoms with E-state index in [0.717, 1.165) is 12.4 Å². The van der Waals surface area contributed by atoms with Crippen molar-refractivity contribution in [3.63, 3.8) is 0 Å². The summed E-state index contributed by atoms with van der Waals surface area (Å²) in [5.74, 6) is 1.56. The quantitative estimate of drug-likeness (QED) is 0.779. The number of carbonyl (C=O) groups excluding carboxylic acids is 1. The summed E-state index contributed by atoms with van der Waals surface area (Å²) in [6, 6.07) is 0. The van der Waals surface area contributed by atoms with E-state index in [1.54, 1.807) is 4.68 Å². The Bertz CT molecular complexity index is 439. The molecule has 100 valence electrons. The molecular weight excluding hydrogens is 230 g/mol. The number of rotatable bonds is 5. The van der Waals surface area contributed by atoms with E-state index in [4.69, 9.17) is 0 Å². The van der Waals surface area contributed by atoms with Crippen LogP contribution in [-0.2, 0) is 11.3 Å². The van der Waals surface area contributed by atoms with Gasteiger partial charge < -0.3 is 4.90 Å². The zero-order valence-corrected chi connectivity index (χ0v) is 11.6. The van der Waals surface area contributed by atoms with Crippen LogP contribution >= 0.6 is 0 Å². The molecule has 2 rings (SSSR count). The molecule has 0 bridgehead atoms. The summed E-state index contributed by atoms with van der Waals surface area (Å²) >= 11 is 0. The minimum atomic E-state index is 0.160. The van der Waals surface area contributed by atoms with Crippen molar-refractivity contribution in [2.45, 2.75) is 40.2 Å². The molecule has 1 aliphatic rings. The average molecular weight is 251 g/mol. The van der Waals surface area contributed by atoms with Crippen LogP contribution in [-0.4, -0.2) is 44.6 Å². The van der Waals surface area contributed by atoms with Gasteiger partial charge in [0.25, 0.3) is 0 Å². The Balaban J connectivity index is 1.76. The van der Waals surface area contributed by atoms with Crippen molar-refractivity contribution in [3.05, 3.63) is 5.82 Å². The predicted octanol–water partition coefficient (Wildman–Crippen LogP) is 0.876. The number of tetrazole rings is 1. The Morgan fingerprint density at radius 2 is 2.22 bits per heavy atom. The van der Waals surface area contributed by atoms with E-state index >= 15 is 0 Å². The molecule has 18 heavy (non-hydrogen) atoms. The highest BCUT2D eigenvalue weighted by molar-refractivity contribution is 5.75. The minimum absolute atomic E-state index is 0.160. The van der Waals surface area contributed by atoms with Crippen LogP contribution in [0.4, 0.5) is 0 Å². The first-order valence-electron chi connectivity index (χ1n) is 6.37. The van der Waals surface area contributed by atoms with Crippen LogP contribution in [0.5, 0.6) is 0 Å². The number of hydrogen-bond acceptors (Lipinski definition) is 4. The lowest BCUT2D eigenvalue weighted by molar-refractivity contribution is -0.130. The fourth-order valence-electron chi connectivity index (χ4n) is 2.17. The van der Waals surface area contributed by atoms with Gasteiger partial charge in [-0.1, -0.05) is 13.8 Å². The molecule has 0 saturated heterocycles. The zero-order chi connectivity index (χ0) is 13.3. The standard InChI is InChI=1S/C12H21N5O/c1-9-13-14-15-17(9)6-5-11(18)16(4)8-10-7-12(10,2)3/h10H,5-8H2,1-4H3. The maximum atomic E-state index is 12.0. The molecule has 0 radical (unpaired) electrons. The summed E-state index contributed by atoms with van der Waals surface area (Å²) in [6.45, 7) is 7.75. The fourth-order valence-corrected chi connectivity index (χ4v) is 2.17. The highest BCUT2D eigenvalue weighted by Crippen LogP contribution is 2.51. The Hall–Kier alpha value is -1.46. The van der Waals surface area contributed by atoms with E-state index in [9.17, 15) is 4.79 Å². The molecular formula is C12H21N5O. The third-order valence-electron chi connectivity index (χ3n) is 3.89. The van der Waals surface area contributed by atoms with Gasteiger partial charge in [0.2, 0.25) is 5.91 Å². The van der Waals surface area contributed by atoms with Crippen molar-refractivity contribution >= 4 is 5.91 Å². The van der Waals surface area contributed by atoms with Gasteiger partial charge in [0.15, 0.2) is 0 Å². The summed E-state index contributed by atoms with van der Waals surface area (Å²) < 4.78 is 1.66. The largest absolute Gasteiger partial charge is 0.345 e. The second-order valence-corrected chi connectivity index (χ2v) is 5.86. The molecule has 1 atom stereocenters. The molecule has 1 aliphatic carbocycles. The molecule has 0 spiro atoms. The zero-order valence-electron chi connectivity index (χ0n) is 11.6. The first-order valence-corrected chi connectivity index (χ1v) is 6.37. The van der Waals surface area contributed by atoms with Crippen LogP contribution in [0.3, 0.4) is 0 Å². The van der Waals surface area contributed by atoms with E-state index in [2.05, 4.69) is 29.4 Å². The van der Waals surface area contributed by atoms with Gasteiger partial charge in [-0.3, -0.25) is 4.79 Å². The highest BCUT2D eigenvalue weighted by atomic mass is 16.2. The van der Waals surface area contributed by atoms with Crippen molar-refractivity contribution in [1.29, 1.82) is 0 Å².